The van der Waals surface area contributed by atoms with Crippen molar-refractivity contribution >= 4 is 38.4 Å². The number of nitrogens with one attached hydrogen (secondary N) is 1. The Morgan fingerprint density at radius 2 is 1.62 bits per heavy atom. The minimum atomic E-state index is -3.85. The third-order valence-electron chi connectivity index (χ3n) is 3.93. The molecule has 0 saturated heterocycles. The predicted octanol–water partition coefficient (Wildman–Crippen LogP) is 4.95. The Labute approximate surface area is 155 Å². The van der Waals surface area contributed by atoms with Gasteiger partial charge in [0.25, 0.3) is 10.0 Å². The lowest BCUT2D eigenvalue weighted by molar-refractivity contribution is 0.460. The van der Waals surface area contributed by atoms with E-state index in [1.807, 2.05) is 36.4 Å². The third-order valence-corrected chi connectivity index (χ3v) is 5.58. The van der Waals surface area contributed by atoms with Crippen LogP contribution in [0.15, 0.2) is 82.2 Å². The van der Waals surface area contributed by atoms with E-state index in [9.17, 15) is 8.42 Å². The first-order valence-electron chi connectivity index (χ1n) is 7.77. The molecule has 1 N–H and O–H groups in total. The summed E-state index contributed by atoms with van der Waals surface area (Å²) in [6, 6.07) is 21.3. The van der Waals surface area contributed by atoms with Crippen LogP contribution in [0.3, 0.4) is 0 Å². The van der Waals surface area contributed by atoms with E-state index in [2.05, 4.69) is 9.88 Å². The SMILES string of the molecule is O=S(=O)(Nc1noc2cccc(Cl)c12)c1cccc(-c2ccccc2)c1. The fourth-order valence-electron chi connectivity index (χ4n) is 2.68. The molecule has 0 amide bonds. The van der Waals surface area contributed by atoms with E-state index < -0.39 is 10.0 Å². The summed E-state index contributed by atoms with van der Waals surface area (Å²) in [5, 5.41) is 4.59. The van der Waals surface area contributed by atoms with Gasteiger partial charge in [0.1, 0.15) is 0 Å². The number of benzene rings is 3. The van der Waals surface area contributed by atoms with Crippen LogP contribution in [-0.2, 0) is 10.0 Å². The zero-order chi connectivity index (χ0) is 18.1. The first kappa shape index (κ1) is 16.6. The van der Waals surface area contributed by atoms with E-state index >= 15 is 0 Å². The molecule has 0 unspecified atom stereocenters. The maximum absolute atomic E-state index is 12.8. The Morgan fingerprint density at radius 3 is 2.42 bits per heavy atom. The maximum atomic E-state index is 12.8. The number of nitrogens with zero attached hydrogens (tertiary/aromatic N) is 1. The van der Waals surface area contributed by atoms with E-state index in [-0.39, 0.29) is 10.7 Å². The number of hydrogen-bond donors (Lipinski definition) is 1. The van der Waals surface area contributed by atoms with Gasteiger partial charge in [-0.05, 0) is 35.4 Å². The van der Waals surface area contributed by atoms with Crippen LogP contribution < -0.4 is 4.72 Å². The molecule has 0 radical (unpaired) electrons. The van der Waals surface area contributed by atoms with Crippen molar-refractivity contribution in [2.45, 2.75) is 4.90 Å². The summed E-state index contributed by atoms with van der Waals surface area (Å²) in [6.07, 6.45) is 0. The van der Waals surface area contributed by atoms with Gasteiger partial charge in [-0.2, -0.15) is 0 Å². The first-order chi connectivity index (χ1) is 12.5. The standard InChI is InChI=1S/C19H13ClN2O3S/c20-16-10-5-11-17-18(16)19(21-25-17)22-26(23,24)15-9-4-8-14(12-15)13-6-2-1-3-7-13/h1-12H,(H,21,22). The van der Waals surface area contributed by atoms with Gasteiger partial charge in [-0.25, -0.2) is 8.42 Å². The van der Waals surface area contributed by atoms with Crippen LogP contribution in [0.4, 0.5) is 5.82 Å². The molecular weight excluding hydrogens is 372 g/mol. The predicted molar refractivity (Wildman–Crippen MR) is 102 cm³/mol. The van der Waals surface area contributed by atoms with Crippen LogP contribution in [0.1, 0.15) is 0 Å². The average Bonchev–Trinajstić information content (AvgIpc) is 3.06. The molecule has 0 fully saturated rings. The lowest BCUT2D eigenvalue weighted by atomic mass is 10.1. The van der Waals surface area contributed by atoms with E-state index in [0.29, 0.717) is 16.0 Å². The van der Waals surface area contributed by atoms with Crippen molar-refractivity contribution < 1.29 is 12.9 Å². The maximum Gasteiger partial charge on any atom is 0.263 e. The first-order valence-corrected chi connectivity index (χ1v) is 9.63. The molecule has 1 heterocycles. The van der Waals surface area contributed by atoms with Crippen LogP contribution in [-0.4, -0.2) is 13.6 Å². The number of anilines is 1. The Morgan fingerprint density at radius 1 is 0.885 bits per heavy atom. The summed E-state index contributed by atoms with van der Waals surface area (Å²) in [4.78, 5) is 0.127. The summed E-state index contributed by atoms with van der Waals surface area (Å²) < 4.78 is 33.2. The molecule has 0 bridgehead atoms. The smallest absolute Gasteiger partial charge is 0.263 e. The van der Waals surface area contributed by atoms with Gasteiger partial charge >= 0.3 is 0 Å². The highest BCUT2D eigenvalue weighted by Gasteiger charge is 2.20. The highest BCUT2D eigenvalue weighted by molar-refractivity contribution is 7.92. The van der Waals surface area contributed by atoms with Crippen LogP contribution in [0.5, 0.6) is 0 Å². The third kappa shape index (κ3) is 3.05. The van der Waals surface area contributed by atoms with Crippen molar-refractivity contribution in [2.75, 3.05) is 4.72 Å². The number of fused-ring (bicyclic) bond motifs is 1. The van der Waals surface area contributed by atoms with Crippen molar-refractivity contribution in [1.82, 2.24) is 5.16 Å². The van der Waals surface area contributed by atoms with Crippen molar-refractivity contribution in [3.8, 4) is 11.1 Å². The molecule has 1 aromatic heterocycles. The fourth-order valence-corrected chi connectivity index (χ4v) is 3.99. The molecule has 0 aliphatic carbocycles. The van der Waals surface area contributed by atoms with Gasteiger partial charge in [-0.15, -0.1) is 0 Å². The molecule has 0 saturated carbocycles. The molecule has 7 heteroatoms. The van der Waals surface area contributed by atoms with Gasteiger partial charge in [-0.3, -0.25) is 4.72 Å². The summed E-state index contributed by atoms with van der Waals surface area (Å²) in [7, 11) is -3.85. The van der Waals surface area contributed by atoms with Crippen LogP contribution in [0.25, 0.3) is 22.1 Å². The minimum absolute atomic E-state index is 0.0655. The zero-order valence-electron chi connectivity index (χ0n) is 13.4. The monoisotopic (exact) mass is 384 g/mol. The van der Waals surface area contributed by atoms with Gasteiger partial charge in [0, 0.05) is 0 Å². The Balaban J connectivity index is 1.73. The molecule has 0 aliphatic heterocycles. The zero-order valence-corrected chi connectivity index (χ0v) is 15.0. The molecule has 4 rings (SSSR count). The molecule has 0 atom stereocenters. The normalized spacial score (nSPS) is 11.6. The Kier molecular flexibility index (Phi) is 4.14. The van der Waals surface area contributed by atoms with Crippen molar-refractivity contribution in [2.24, 2.45) is 0 Å². The quantitative estimate of drug-likeness (QED) is 0.540. The lowest BCUT2D eigenvalue weighted by Crippen LogP contribution is -2.13. The second-order valence-electron chi connectivity index (χ2n) is 5.64. The van der Waals surface area contributed by atoms with Gasteiger partial charge < -0.3 is 4.52 Å². The molecule has 4 aromatic rings. The van der Waals surface area contributed by atoms with Gasteiger partial charge in [0.15, 0.2) is 11.4 Å². The van der Waals surface area contributed by atoms with Crippen LogP contribution in [0.2, 0.25) is 5.02 Å². The second kappa shape index (κ2) is 6.48. The van der Waals surface area contributed by atoms with Crippen molar-refractivity contribution in [3.63, 3.8) is 0 Å². The number of aromatic nitrogens is 1. The number of sulfonamides is 1. The highest BCUT2D eigenvalue weighted by Crippen LogP contribution is 2.31. The number of hydrogen-bond acceptors (Lipinski definition) is 4. The Bertz CT molecular complexity index is 1190. The van der Waals surface area contributed by atoms with E-state index in [4.69, 9.17) is 16.1 Å². The summed E-state index contributed by atoms with van der Waals surface area (Å²) in [5.74, 6) is 0.0655. The summed E-state index contributed by atoms with van der Waals surface area (Å²) in [6.45, 7) is 0. The lowest BCUT2D eigenvalue weighted by Gasteiger charge is -2.08. The van der Waals surface area contributed by atoms with Crippen LogP contribution >= 0.6 is 11.6 Å². The second-order valence-corrected chi connectivity index (χ2v) is 7.73. The number of rotatable bonds is 4. The highest BCUT2D eigenvalue weighted by atomic mass is 35.5. The molecule has 26 heavy (non-hydrogen) atoms. The molecule has 0 spiro atoms. The topological polar surface area (TPSA) is 72.2 Å². The fraction of sp³-hybridized carbons (Fsp3) is 0. The number of halogens is 1. The Hall–Kier alpha value is -2.83. The molecule has 3 aromatic carbocycles. The minimum Gasteiger partial charge on any atom is -0.354 e. The summed E-state index contributed by atoms with van der Waals surface area (Å²) in [5.41, 5.74) is 2.14. The van der Waals surface area contributed by atoms with E-state index in [1.165, 1.54) is 6.07 Å². The molecule has 130 valence electrons. The van der Waals surface area contributed by atoms with Crippen molar-refractivity contribution in [1.29, 1.82) is 0 Å². The van der Waals surface area contributed by atoms with Crippen LogP contribution in [0, 0.1) is 0 Å². The summed E-state index contributed by atoms with van der Waals surface area (Å²) >= 11 is 6.15. The molecular formula is C19H13ClN2O3S. The molecule has 0 aliphatic rings. The van der Waals surface area contributed by atoms with E-state index in [1.54, 1.807) is 30.3 Å². The molecule has 5 nitrogen and oxygen atoms in total. The van der Waals surface area contributed by atoms with Crippen molar-refractivity contribution in [3.05, 3.63) is 77.8 Å². The van der Waals surface area contributed by atoms with Gasteiger partial charge in [0.05, 0.1) is 15.3 Å². The average molecular weight is 385 g/mol. The largest absolute Gasteiger partial charge is 0.354 e. The van der Waals surface area contributed by atoms with E-state index in [0.717, 1.165) is 11.1 Å². The van der Waals surface area contributed by atoms with Gasteiger partial charge in [0.2, 0.25) is 0 Å². The van der Waals surface area contributed by atoms with Gasteiger partial charge in [-0.1, -0.05) is 65.3 Å².